The molecule has 5 nitrogen and oxygen atoms in total. The molecule has 0 aliphatic heterocycles. The van der Waals surface area contributed by atoms with Crippen molar-refractivity contribution >= 4 is 22.5 Å². The number of rotatable bonds is 6. The maximum Gasteiger partial charge on any atom is 0.221 e. The van der Waals surface area contributed by atoms with Crippen LogP contribution < -0.4 is 10.1 Å². The number of aromatic nitrogens is 2. The number of anilines is 1. The number of nitrogens with zero attached hydrogens (tertiary/aromatic N) is 1. The zero-order chi connectivity index (χ0) is 18.7. The molecule has 2 heterocycles. The van der Waals surface area contributed by atoms with Crippen LogP contribution in [0, 0.1) is 0 Å². The van der Waals surface area contributed by atoms with E-state index in [9.17, 15) is 9.18 Å². The van der Waals surface area contributed by atoms with Crippen molar-refractivity contribution in [2.24, 2.45) is 0 Å². The van der Waals surface area contributed by atoms with Gasteiger partial charge in [0.05, 0.1) is 18.5 Å². The molecule has 0 aliphatic carbocycles. The second-order valence-corrected chi connectivity index (χ2v) is 6.74. The smallest absolute Gasteiger partial charge is 0.221 e. The summed E-state index contributed by atoms with van der Waals surface area (Å²) in [7, 11) is 0. The Bertz CT molecular complexity index is 928. The van der Waals surface area contributed by atoms with Crippen LogP contribution in [0.15, 0.2) is 42.9 Å². The van der Waals surface area contributed by atoms with E-state index in [2.05, 4.69) is 15.3 Å². The molecule has 0 unspecified atom stereocenters. The molecule has 26 heavy (non-hydrogen) atoms. The summed E-state index contributed by atoms with van der Waals surface area (Å²) in [5.74, 6) is 0.442. The normalized spacial score (nSPS) is 11.5. The van der Waals surface area contributed by atoms with Gasteiger partial charge in [-0.25, -0.2) is 4.39 Å². The van der Waals surface area contributed by atoms with E-state index in [1.807, 2.05) is 18.2 Å². The average molecular weight is 355 g/mol. The van der Waals surface area contributed by atoms with Gasteiger partial charge in [-0.1, -0.05) is 6.07 Å². The standard InChI is InChI=1S/C20H22FN3O2/c1-13(25)24-19-12-23-18-5-4-14(8-17(18)19)6-7-26-16-9-15(10-22-11-16)20(2,3)21/h4-5,8-12,23H,6-7H2,1-3H3,(H,24,25). The van der Waals surface area contributed by atoms with Gasteiger partial charge >= 0.3 is 0 Å². The highest BCUT2D eigenvalue weighted by Gasteiger charge is 2.19. The van der Waals surface area contributed by atoms with Crippen molar-refractivity contribution in [1.29, 1.82) is 0 Å². The number of alkyl halides is 1. The third-order valence-corrected chi connectivity index (χ3v) is 4.12. The third kappa shape index (κ3) is 4.20. The van der Waals surface area contributed by atoms with Crippen LogP contribution in [-0.4, -0.2) is 22.5 Å². The van der Waals surface area contributed by atoms with Gasteiger partial charge in [0.15, 0.2) is 0 Å². The predicted octanol–water partition coefficient (Wildman–Crippen LogP) is 4.35. The van der Waals surface area contributed by atoms with Gasteiger partial charge in [0.1, 0.15) is 11.4 Å². The summed E-state index contributed by atoms with van der Waals surface area (Å²) < 4.78 is 19.7. The summed E-state index contributed by atoms with van der Waals surface area (Å²) in [6.07, 6.45) is 5.56. The molecule has 0 saturated heterocycles. The molecule has 0 spiro atoms. The Morgan fingerprint density at radius 2 is 2.12 bits per heavy atom. The molecule has 1 amide bonds. The van der Waals surface area contributed by atoms with Gasteiger partial charge in [-0.3, -0.25) is 9.78 Å². The van der Waals surface area contributed by atoms with E-state index in [0.717, 1.165) is 22.2 Å². The Kier molecular flexibility index (Phi) is 4.93. The number of hydrogen-bond acceptors (Lipinski definition) is 3. The molecule has 2 N–H and O–H groups in total. The Morgan fingerprint density at radius 1 is 1.31 bits per heavy atom. The first-order valence-electron chi connectivity index (χ1n) is 8.48. The fraction of sp³-hybridized carbons (Fsp3) is 0.300. The highest BCUT2D eigenvalue weighted by Crippen LogP contribution is 2.27. The molecule has 1 aromatic carbocycles. The van der Waals surface area contributed by atoms with Crippen molar-refractivity contribution in [2.45, 2.75) is 32.9 Å². The number of fused-ring (bicyclic) bond motifs is 1. The van der Waals surface area contributed by atoms with Crippen molar-refractivity contribution in [3.8, 4) is 5.75 Å². The van der Waals surface area contributed by atoms with Gasteiger partial charge < -0.3 is 15.0 Å². The minimum atomic E-state index is -1.45. The molecule has 0 aliphatic rings. The van der Waals surface area contributed by atoms with E-state index in [1.54, 1.807) is 18.5 Å². The molecule has 0 fully saturated rings. The molecule has 0 saturated carbocycles. The molecule has 0 radical (unpaired) electrons. The molecule has 3 rings (SSSR count). The summed E-state index contributed by atoms with van der Waals surface area (Å²) in [6, 6.07) is 7.69. The number of carbonyl (C=O) groups is 1. The maximum absolute atomic E-state index is 14.0. The Balaban J connectivity index is 1.67. The number of pyridine rings is 1. The van der Waals surface area contributed by atoms with Gasteiger partial charge in [-0.2, -0.15) is 0 Å². The Labute approximate surface area is 151 Å². The van der Waals surface area contributed by atoms with Gasteiger partial charge in [-0.15, -0.1) is 0 Å². The topological polar surface area (TPSA) is 67.0 Å². The molecule has 0 bridgehead atoms. The number of nitrogens with one attached hydrogen (secondary N) is 2. The van der Waals surface area contributed by atoms with E-state index in [1.165, 1.54) is 27.0 Å². The molecular formula is C20H22FN3O2. The summed E-state index contributed by atoms with van der Waals surface area (Å²) in [4.78, 5) is 18.5. The minimum Gasteiger partial charge on any atom is -0.492 e. The van der Waals surface area contributed by atoms with Crippen LogP contribution in [0.25, 0.3) is 10.9 Å². The lowest BCUT2D eigenvalue weighted by atomic mass is 10.0. The molecule has 136 valence electrons. The van der Waals surface area contributed by atoms with Crippen LogP contribution >= 0.6 is 0 Å². The molecule has 2 aromatic heterocycles. The van der Waals surface area contributed by atoms with Crippen LogP contribution in [-0.2, 0) is 16.9 Å². The molecule has 6 heteroatoms. The van der Waals surface area contributed by atoms with Crippen molar-refractivity contribution < 1.29 is 13.9 Å². The highest BCUT2D eigenvalue weighted by molar-refractivity contribution is 6.01. The number of aromatic amines is 1. The lowest BCUT2D eigenvalue weighted by Crippen LogP contribution is -2.10. The first kappa shape index (κ1) is 17.9. The van der Waals surface area contributed by atoms with Crippen molar-refractivity contribution in [3.05, 3.63) is 54.0 Å². The second kappa shape index (κ2) is 7.15. The van der Waals surface area contributed by atoms with Gasteiger partial charge in [0.2, 0.25) is 5.91 Å². The molecule has 3 aromatic rings. The van der Waals surface area contributed by atoms with E-state index in [4.69, 9.17) is 4.74 Å². The number of hydrogen-bond donors (Lipinski definition) is 2. The molecule has 0 atom stereocenters. The van der Waals surface area contributed by atoms with Crippen molar-refractivity contribution in [3.63, 3.8) is 0 Å². The largest absolute Gasteiger partial charge is 0.492 e. The van der Waals surface area contributed by atoms with E-state index >= 15 is 0 Å². The van der Waals surface area contributed by atoms with Gasteiger partial charge in [0.25, 0.3) is 0 Å². The van der Waals surface area contributed by atoms with Crippen molar-refractivity contribution in [2.75, 3.05) is 11.9 Å². The third-order valence-electron chi connectivity index (χ3n) is 4.12. The fourth-order valence-electron chi connectivity index (χ4n) is 2.73. The van der Waals surface area contributed by atoms with Gasteiger partial charge in [0, 0.05) is 42.2 Å². The fourth-order valence-corrected chi connectivity index (χ4v) is 2.73. The number of halogens is 1. The highest BCUT2D eigenvalue weighted by atomic mass is 19.1. The average Bonchev–Trinajstić information content (AvgIpc) is 2.96. The predicted molar refractivity (Wildman–Crippen MR) is 100 cm³/mol. The summed E-state index contributed by atoms with van der Waals surface area (Å²) in [5.41, 5.74) is 1.84. The lowest BCUT2D eigenvalue weighted by molar-refractivity contribution is -0.114. The maximum atomic E-state index is 14.0. The summed E-state index contributed by atoms with van der Waals surface area (Å²) >= 11 is 0. The van der Waals surface area contributed by atoms with Crippen LogP contribution in [0.3, 0.4) is 0 Å². The van der Waals surface area contributed by atoms with Gasteiger partial charge in [-0.05, 0) is 37.6 Å². The number of ether oxygens (including phenoxy) is 1. The number of benzene rings is 1. The van der Waals surface area contributed by atoms with E-state index in [0.29, 0.717) is 24.3 Å². The first-order valence-corrected chi connectivity index (χ1v) is 8.48. The van der Waals surface area contributed by atoms with Crippen molar-refractivity contribution in [1.82, 2.24) is 9.97 Å². The zero-order valence-electron chi connectivity index (χ0n) is 15.1. The van der Waals surface area contributed by atoms with Crippen LogP contribution in [0.1, 0.15) is 31.9 Å². The second-order valence-electron chi connectivity index (χ2n) is 6.74. The van der Waals surface area contributed by atoms with Crippen LogP contribution in [0.4, 0.5) is 10.1 Å². The Hall–Kier alpha value is -2.89. The Morgan fingerprint density at radius 3 is 2.85 bits per heavy atom. The minimum absolute atomic E-state index is 0.109. The lowest BCUT2D eigenvalue weighted by Gasteiger charge is -2.15. The zero-order valence-corrected chi connectivity index (χ0v) is 15.1. The quantitative estimate of drug-likeness (QED) is 0.691. The number of amides is 1. The monoisotopic (exact) mass is 355 g/mol. The number of H-pyrrole nitrogens is 1. The summed E-state index contributed by atoms with van der Waals surface area (Å²) in [6.45, 7) is 4.92. The van der Waals surface area contributed by atoms with E-state index in [-0.39, 0.29) is 5.91 Å². The summed E-state index contributed by atoms with van der Waals surface area (Å²) in [5, 5.41) is 3.77. The first-order chi connectivity index (χ1) is 12.3. The number of carbonyl (C=O) groups excluding carboxylic acids is 1. The van der Waals surface area contributed by atoms with E-state index < -0.39 is 5.67 Å². The SMILES string of the molecule is CC(=O)Nc1c[nH]c2ccc(CCOc3cncc(C(C)(C)F)c3)cc12. The molecular weight excluding hydrogens is 333 g/mol. The van der Waals surface area contributed by atoms with Crippen LogP contribution in [0.5, 0.6) is 5.75 Å². The van der Waals surface area contributed by atoms with Crippen LogP contribution in [0.2, 0.25) is 0 Å².